The molecule has 0 aromatic carbocycles. The zero-order chi connectivity index (χ0) is 14.7. The van der Waals surface area contributed by atoms with Gasteiger partial charge in [0.2, 0.25) is 0 Å². The molecule has 0 aromatic rings. The van der Waals surface area contributed by atoms with E-state index in [0.29, 0.717) is 5.41 Å². The molecule has 0 heterocycles. The molecular formula is C15H30N2O2. The van der Waals surface area contributed by atoms with Gasteiger partial charge in [-0.1, -0.05) is 13.8 Å². The lowest BCUT2D eigenvalue weighted by atomic mass is 9.82. The van der Waals surface area contributed by atoms with Crippen molar-refractivity contribution in [3.05, 3.63) is 0 Å². The Morgan fingerprint density at radius 2 is 1.89 bits per heavy atom. The molecule has 0 bridgehead atoms. The molecule has 0 aromatic heterocycles. The smallest absolute Gasteiger partial charge is 0.405 e. The van der Waals surface area contributed by atoms with Crippen LogP contribution in [0.1, 0.15) is 53.4 Å². The van der Waals surface area contributed by atoms with E-state index in [2.05, 4.69) is 24.5 Å². The predicted molar refractivity (Wildman–Crippen MR) is 78.4 cm³/mol. The molecule has 0 saturated heterocycles. The molecule has 0 aliphatic heterocycles. The largest absolute Gasteiger partial charge is 0.465 e. The van der Waals surface area contributed by atoms with Crippen LogP contribution in [0.15, 0.2) is 0 Å². The minimum Gasteiger partial charge on any atom is -0.465 e. The van der Waals surface area contributed by atoms with Crippen molar-refractivity contribution in [3.8, 4) is 0 Å². The minimum atomic E-state index is -0.924. The van der Waals surface area contributed by atoms with E-state index >= 15 is 0 Å². The van der Waals surface area contributed by atoms with E-state index < -0.39 is 6.09 Å². The lowest BCUT2D eigenvalue weighted by molar-refractivity contribution is 0.179. The fourth-order valence-corrected chi connectivity index (χ4v) is 3.05. The Hall–Kier alpha value is -0.770. The number of rotatable bonds is 8. The van der Waals surface area contributed by atoms with Crippen LogP contribution in [-0.4, -0.2) is 30.3 Å². The Bertz CT molecular complexity index is 313. The van der Waals surface area contributed by atoms with E-state index in [4.69, 9.17) is 5.11 Å². The molecule has 1 aliphatic carbocycles. The third kappa shape index (κ3) is 5.39. The van der Waals surface area contributed by atoms with Crippen LogP contribution in [0, 0.1) is 17.3 Å². The molecular weight excluding hydrogens is 240 g/mol. The molecule has 1 amide bonds. The number of nitrogens with one attached hydrogen (secondary N) is 2. The zero-order valence-corrected chi connectivity index (χ0v) is 13.0. The molecule has 0 spiro atoms. The first-order valence-corrected chi connectivity index (χ1v) is 7.34. The zero-order valence-electron chi connectivity index (χ0n) is 13.0. The predicted octanol–water partition coefficient (Wildman–Crippen LogP) is 3.08. The van der Waals surface area contributed by atoms with Gasteiger partial charge in [0.25, 0.3) is 0 Å². The second kappa shape index (κ2) is 6.12. The van der Waals surface area contributed by atoms with E-state index in [9.17, 15) is 4.79 Å². The maximum Gasteiger partial charge on any atom is 0.405 e. The highest BCUT2D eigenvalue weighted by molar-refractivity contribution is 5.65. The van der Waals surface area contributed by atoms with Gasteiger partial charge in [-0.2, -0.15) is 0 Å². The van der Waals surface area contributed by atoms with Gasteiger partial charge in [0, 0.05) is 5.54 Å². The summed E-state index contributed by atoms with van der Waals surface area (Å²) >= 11 is 0. The molecule has 1 aliphatic rings. The molecule has 19 heavy (non-hydrogen) atoms. The fraction of sp³-hybridized carbons (Fsp3) is 0.933. The molecule has 2 atom stereocenters. The monoisotopic (exact) mass is 270 g/mol. The molecule has 112 valence electrons. The Morgan fingerprint density at radius 3 is 2.42 bits per heavy atom. The van der Waals surface area contributed by atoms with Gasteiger partial charge in [-0.3, -0.25) is 0 Å². The van der Waals surface area contributed by atoms with Gasteiger partial charge in [0.15, 0.2) is 0 Å². The van der Waals surface area contributed by atoms with Gasteiger partial charge >= 0.3 is 6.09 Å². The SMILES string of the molecule is CNCCC(C)(C)C1CC1CCC(C)(C)NC(=O)O. The molecule has 4 nitrogen and oxygen atoms in total. The number of hydrogen-bond acceptors (Lipinski definition) is 2. The van der Waals surface area contributed by atoms with Gasteiger partial charge in [-0.25, -0.2) is 4.79 Å². The highest BCUT2D eigenvalue weighted by Crippen LogP contribution is 2.54. The second-order valence-corrected chi connectivity index (χ2v) is 7.30. The van der Waals surface area contributed by atoms with Gasteiger partial charge in [-0.15, -0.1) is 0 Å². The van der Waals surface area contributed by atoms with Crippen molar-refractivity contribution in [3.63, 3.8) is 0 Å². The van der Waals surface area contributed by atoms with Crippen LogP contribution in [0.4, 0.5) is 4.79 Å². The van der Waals surface area contributed by atoms with Crippen molar-refractivity contribution < 1.29 is 9.90 Å². The summed E-state index contributed by atoms with van der Waals surface area (Å²) in [4.78, 5) is 10.7. The first kappa shape index (κ1) is 16.3. The third-order valence-corrected chi connectivity index (χ3v) is 4.53. The van der Waals surface area contributed by atoms with Crippen LogP contribution < -0.4 is 10.6 Å². The molecule has 0 radical (unpaired) electrons. The Kier molecular flexibility index (Phi) is 5.25. The van der Waals surface area contributed by atoms with Crippen LogP contribution in [0.25, 0.3) is 0 Å². The van der Waals surface area contributed by atoms with Crippen molar-refractivity contribution in [1.29, 1.82) is 0 Å². The normalized spacial score (nSPS) is 23.2. The maximum absolute atomic E-state index is 10.7. The molecule has 4 heteroatoms. The van der Waals surface area contributed by atoms with E-state index in [1.165, 1.54) is 12.8 Å². The van der Waals surface area contributed by atoms with Crippen LogP contribution in [-0.2, 0) is 0 Å². The quantitative estimate of drug-likeness (QED) is 0.635. The molecule has 2 unspecified atom stereocenters. The van der Waals surface area contributed by atoms with Crippen molar-refractivity contribution in [2.45, 2.75) is 58.9 Å². The van der Waals surface area contributed by atoms with E-state index in [0.717, 1.165) is 31.2 Å². The van der Waals surface area contributed by atoms with Crippen molar-refractivity contribution in [1.82, 2.24) is 10.6 Å². The van der Waals surface area contributed by atoms with E-state index in [1.807, 2.05) is 20.9 Å². The number of carbonyl (C=O) groups is 1. The number of amides is 1. The van der Waals surface area contributed by atoms with Gasteiger partial charge < -0.3 is 15.7 Å². The Morgan fingerprint density at radius 1 is 1.26 bits per heavy atom. The Balaban J connectivity index is 2.32. The van der Waals surface area contributed by atoms with Crippen molar-refractivity contribution >= 4 is 6.09 Å². The van der Waals surface area contributed by atoms with Crippen LogP contribution in [0.5, 0.6) is 0 Å². The first-order valence-electron chi connectivity index (χ1n) is 7.34. The van der Waals surface area contributed by atoms with Crippen molar-refractivity contribution in [2.75, 3.05) is 13.6 Å². The number of carboxylic acid groups (broad SMARTS) is 1. The van der Waals surface area contributed by atoms with Gasteiger partial charge in [-0.05, 0) is 70.4 Å². The summed E-state index contributed by atoms with van der Waals surface area (Å²) in [5.41, 5.74) is 0.0894. The number of hydrogen-bond donors (Lipinski definition) is 3. The molecule has 3 N–H and O–H groups in total. The van der Waals surface area contributed by atoms with Crippen LogP contribution in [0.3, 0.4) is 0 Å². The average molecular weight is 270 g/mol. The van der Waals surface area contributed by atoms with Crippen LogP contribution >= 0.6 is 0 Å². The molecule has 1 fully saturated rings. The van der Waals surface area contributed by atoms with Crippen molar-refractivity contribution in [2.24, 2.45) is 17.3 Å². The summed E-state index contributed by atoms with van der Waals surface area (Å²) in [5.74, 6) is 1.59. The summed E-state index contributed by atoms with van der Waals surface area (Å²) in [6.45, 7) is 9.71. The highest BCUT2D eigenvalue weighted by Gasteiger charge is 2.46. The lowest BCUT2D eigenvalue weighted by Crippen LogP contribution is -2.42. The minimum absolute atomic E-state index is 0.311. The highest BCUT2D eigenvalue weighted by atomic mass is 16.4. The first-order chi connectivity index (χ1) is 8.68. The lowest BCUT2D eigenvalue weighted by Gasteiger charge is -2.27. The standard InChI is InChI=1S/C15H30N2O2/c1-14(2,8-9-16-5)12-10-11(12)6-7-15(3,4)17-13(18)19/h11-12,16-17H,6-10H2,1-5H3,(H,18,19). The van der Waals surface area contributed by atoms with Gasteiger partial charge in [0.05, 0.1) is 0 Å². The summed E-state index contributed by atoms with van der Waals surface area (Å²) in [5, 5.41) is 14.6. The Labute approximate surface area is 117 Å². The van der Waals surface area contributed by atoms with E-state index in [-0.39, 0.29) is 5.54 Å². The maximum atomic E-state index is 10.7. The third-order valence-electron chi connectivity index (χ3n) is 4.53. The topological polar surface area (TPSA) is 61.4 Å². The fourth-order valence-electron chi connectivity index (χ4n) is 3.05. The van der Waals surface area contributed by atoms with Crippen LogP contribution in [0.2, 0.25) is 0 Å². The molecule has 1 saturated carbocycles. The summed E-state index contributed by atoms with van der Waals surface area (Å²) in [6, 6.07) is 0. The second-order valence-electron chi connectivity index (χ2n) is 7.30. The summed E-state index contributed by atoms with van der Waals surface area (Å²) in [7, 11) is 2.00. The average Bonchev–Trinajstić information content (AvgIpc) is 3.02. The molecule has 1 rings (SSSR count). The summed E-state index contributed by atoms with van der Waals surface area (Å²) < 4.78 is 0. The van der Waals surface area contributed by atoms with Gasteiger partial charge in [0.1, 0.15) is 0 Å². The van der Waals surface area contributed by atoms with E-state index in [1.54, 1.807) is 0 Å². The summed E-state index contributed by atoms with van der Waals surface area (Å²) in [6.07, 6.45) is 3.64.